The third-order valence-corrected chi connectivity index (χ3v) is 5.92. The number of halogens is 3. The predicted octanol–water partition coefficient (Wildman–Crippen LogP) is 4.39. The van der Waals surface area contributed by atoms with Crippen molar-refractivity contribution in [1.82, 2.24) is 15.6 Å². The number of benzene rings is 2. The van der Waals surface area contributed by atoms with Gasteiger partial charge in [-0.2, -0.15) is 13.2 Å². The number of primary amides is 1. The van der Waals surface area contributed by atoms with E-state index >= 15 is 0 Å². The summed E-state index contributed by atoms with van der Waals surface area (Å²) in [6.45, 7) is 1.34. The molecular formula is C25H25F3N6O6S. The minimum Gasteiger partial charge on any atom is -0.465 e. The maximum atomic E-state index is 12.9. The number of aryl methyl sites for hydroxylation is 2. The largest absolute Gasteiger partial charge is 0.465 e. The zero-order chi connectivity index (χ0) is 30.6. The number of carbonyl (C=O) groups is 4. The molecule has 41 heavy (non-hydrogen) atoms. The Hall–Kier alpha value is -4.99. The van der Waals surface area contributed by atoms with Crippen LogP contribution < -0.4 is 21.7 Å². The van der Waals surface area contributed by atoms with Crippen molar-refractivity contribution in [2.24, 2.45) is 10.7 Å². The zero-order valence-electron chi connectivity index (χ0n) is 21.4. The number of nitrogens with zero attached hydrogens (tertiary/aromatic N) is 2. The van der Waals surface area contributed by atoms with Crippen LogP contribution in [0.25, 0.3) is 0 Å². The smallest absolute Gasteiger partial charge is 0.416 e. The molecule has 3 rings (SSSR count). The van der Waals surface area contributed by atoms with E-state index in [1.165, 1.54) is 19.1 Å². The third-order valence-electron chi connectivity index (χ3n) is 4.91. The lowest BCUT2D eigenvalue weighted by molar-refractivity contribution is -0.137. The van der Waals surface area contributed by atoms with E-state index in [0.717, 1.165) is 35.4 Å². The molecule has 0 aliphatic heterocycles. The molecule has 12 nitrogen and oxygen atoms in total. The van der Waals surface area contributed by atoms with Crippen LogP contribution >= 0.6 is 11.3 Å². The summed E-state index contributed by atoms with van der Waals surface area (Å²) in [7, 11) is 0. The van der Waals surface area contributed by atoms with Gasteiger partial charge in [0.25, 0.3) is 5.91 Å². The molecule has 7 N–H and O–H groups in total. The van der Waals surface area contributed by atoms with E-state index < -0.39 is 29.8 Å². The first-order valence-electron chi connectivity index (χ1n) is 11.6. The summed E-state index contributed by atoms with van der Waals surface area (Å²) in [4.78, 5) is 52.2. The Balaban J connectivity index is 0.00000138. The van der Waals surface area contributed by atoms with E-state index in [-0.39, 0.29) is 22.5 Å². The summed E-state index contributed by atoms with van der Waals surface area (Å²) in [5.74, 6) is -0.801. The van der Waals surface area contributed by atoms with E-state index in [2.05, 4.69) is 26.3 Å². The number of aliphatic imine (C=N–C) groups is 1. The fourth-order valence-electron chi connectivity index (χ4n) is 3.15. The van der Waals surface area contributed by atoms with Gasteiger partial charge in [-0.05, 0) is 48.2 Å². The molecular weight excluding hydrogens is 569 g/mol. The van der Waals surface area contributed by atoms with Gasteiger partial charge in [0.15, 0.2) is 5.13 Å². The van der Waals surface area contributed by atoms with Crippen molar-refractivity contribution in [3.8, 4) is 0 Å². The minimum absolute atomic E-state index is 0.0164. The summed E-state index contributed by atoms with van der Waals surface area (Å²) in [5, 5.41) is 23.3. The van der Waals surface area contributed by atoms with Crippen LogP contribution in [0.15, 0.2) is 53.5 Å². The van der Waals surface area contributed by atoms with Gasteiger partial charge in [-0.3, -0.25) is 14.9 Å². The number of aromatic nitrogens is 1. The first-order chi connectivity index (χ1) is 19.2. The van der Waals surface area contributed by atoms with Gasteiger partial charge in [-0.15, -0.1) is 0 Å². The first-order valence-corrected chi connectivity index (χ1v) is 12.4. The second-order valence-corrected chi connectivity index (χ2v) is 9.06. The number of amides is 4. The number of carbonyl (C=O) groups excluding carboxylic acids is 2. The van der Waals surface area contributed by atoms with Crippen LogP contribution in [0.3, 0.4) is 0 Å². The number of nitrogens with one attached hydrogen (secondary N) is 3. The molecule has 0 aliphatic carbocycles. The Kier molecular flexibility index (Phi) is 11.8. The van der Waals surface area contributed by atoms with Crippen molar-refractivity contribution in [2.45, 2.75) is 32.5 Å². The summed E-state index contributed by atoms with van der Waals surface area (Å²) in [6, 6.07) is 11.5. The van der Waals surface area contributed by atoms with Crippen molar-refractivity contribution in [1.29, 1.82) is 0 Å². The Bertz CT molecular complexity index is 1390. The van der Waals surface area contributed by atoms with Crippen LogP contribution in [-0.2, 0) is 30.4 Å². The van der Waals surface area contributed by atoms with Gasteiger partial charge >= 0.3 is 18.4 Å². The Labute approximate surface area is 235 Å². The van der Waals surface area contributed by atoms with Crippen molar-refractivity contribution < 1.29 is 42.6 Å². The van der Waals surface area contributed by atoms with E-state index in [1.54, 1.807) is 24.3 Å². The monoisotopic (exact) mass is 594 g/mol. The average Bonchev–Trinajstić information content (AvgIpc) is 3.28. The van der Waals surface area contributed by atoms with Crippen molar-refractivity contribution >= 4 is 52.5 Å². The van der Waals surface area contributed by atoms with Crippen LogP contribution in [-0.4, -0.2) is 45.5 Å². The molecule has 218 valence electrons. The lowest BCUT2D eigenvalue weighted by Gasteiger charge is -2.09. The highest BCUT2D eigenvalue weighted by molar-refractivity contribution is 7.17. The van der Waals surface area contributed by atoms with Crippen LogP contribution in [0.1, 0.15) is 39.0 Å². The van der Waals surface area contributed by atoms with Gasteiger partial charge in [0.05, 0.1) is 23.3 Å². The molecule has 0 aliphatic rings. The third kappa shape index (κ3) is 11.7. The van der Waals surface area contributed by atoms with E-state index in [4.69, 9.17) is 15.0 Å². The molecule has 4 amide bonds. The van der Waals surface area contributed by atoms with Gasteiger partial charge in [-0.25, -0.2) is 19.6 Å². The molecule has 3 aromatic rings. The summed E-state index contributed by atoms with van der Waals surface area (Å²) in [5.41, 5.74) is 5.67. The molecule has 1 aromatic heterocycles. The normalized spacial score (nSPS) is 10.8. The molecule has 0 atom stereocenters. The quantitative estimate of drug-likeness (QED) is 0.156. The Morgan fingerprint density at radius 1 is 1.00 bits per heavy atom. The van der Waals surface area contributed by atoms with Gasteiger partial charge in [0, 0.05) is 13.5 Å². The first kappa shape index (κ1) is 32.2. The highest BCUT2D eigenvalue weighted by atomic mass is 32.1. The van der Waals surface area contributed by atoms with E-state index in [1.807, 2.05) is 5.32 Å². The molecule has 0 unspecified atom stereocenters. The SMILES string of the molecule is CC(=O)Nc1nc(CCc2ccc(N=CNC(=O)O)cc2)c(C(=O)NCc2ccc(C(F)(F)F)cc2)s1.NC(=O)O. The molecule has 0 fully saturated rings. The predicted molar refractivity (Wildman–Crippen MR) is 144 cm³/mol. The number of nitrogens with two attached hydrogens (primary N) is 1. The number of alkyl halides is 3. The van der Waals surface area contributed by atoms with Crippen LogP contribution in [0, 0.1) is 0 Å². The molecule has 2 aromatic carbocycles. The van der Waals surface area contributed by atoms with Gasteiger partial charge in [0.1, 0.15) is 4.88 Å². The second kappa shape index (κ2) is 15.0. The van der Waals surface area contributed by atoms with Crippen LogP contribution in [0.5, 0.6) is 0 Å². The molecule has 0 radical (unpaired) electrons. The number of rotatable bonds is 9. The van der Waals surface area contributed by atoms with Crippen molar-refractivity contribution in [2.75, 3.05) is 5.32 Å². The van der Waals surface area contributed by atoms with Crippen molar-refractivity contribution in [3.63, 3.8) is 0 Å². The highest BCUT2D eigenvalue weighted by Gasteiger charge is 2.30. The van der Waals surface area contributed by atoms with Crippen molar-refractivity contribution in [3.05, 3.63) is 75.8 Å². The maximum absolute atomic E-state index is 12.9. The van der Waals surface area contributed by atoms with Crippen LogP contribution in [0.4, 0.5) is 33.6 Å². The number of hydrogen-bond donors (Lipinski definition) is 6. The number of anilines is 1. The molecule has 0 bridgehead atoms. The lowest BCUT2D eigenvalue weighted by Crippen LogP contribution is -2.23. The molecule has 0 saturated carbocycles. The van der Waals surface area contributed by atoms with E-state index in [9.17, 15) is 27.6 Å². The maximum Gasteiger partial charge on any atom is 0.416 e. The summed E-state index contributed by atoms with van der Waals surface area (Å²) >= 11 is 1.01. The van der Waals surface area contributed by atoms with Gasteiger partial charge < -0.3 is 26.6 Å². The summed E-state index contributed by atoms with van der Waals surface area (Å²) in [6.07, 6.45) is -5.04. The van der Waals surface area contributed by atoms with Crippen LogP contribution in [0.2, 0.25) is 0 Å². The Morgan fingerprint density at radius 3 is 2.12 bits per heavy atom. The molecule has 0 saturated heterocycles. The molecule has 16 heteroatoms. The van der Waals surface area contributed by atoms with E-state index in [0.29, 0.717) is 29.8 Å². The fraction of sp³-hybridized carbons (Fsp3) is 0.200. The number of thiazole rings is 1. The highest BCUT2D eigenvalue weighted by Crippen LogP contribution is 2.29. The fourth-order valence-corrected chi connectivity index (χ4v) is 4.12. The topological polar surface area (TPSA) is 196 Å². The molecule has 0 spiro atoms. The average molecular weight is 595 g/mol. The molecule has 1 heterocycles. The van der Waals surface area contributed by atoms with Gasteiger partial charge in [-0.1, -0.05) is 35.6 Å². The second-order valence-electron chi connectivity index (χ2n) is 8.07. The standard InChI is InChI=1S/C24H22F3N5O4S.CH3NO2/c1-14(33)31-22-32-19(11-6-15-4-9-18(10-5-15)29-13-30-23(35)36)20(37-22)21(34)28-12-16-2-7-17(8-3-16)24(25,26)27;2-1(3)4/h2-5,7-10,13H,6,11-12H2,1H3,(H,28,34)(H,29,30)(H,35,36)(H,31,32,33);2H2,(H,3,4). The minimum atomic E-state index is -4.44. The summed E-state index contributed by atoms with van der Waals surface area (Å²) < 4.78 is 38.2. The lowest BCUT2D eigenvalue weighted by atomic mass is 10.1. The number of carboxylic acid groups (broad SMARTS) is 2. The van der Waals surface area contributed by atoms with Gasteiger partial charge in [0.2, 0.25) is 5.91 Å². The Morgan fingerprint density at radius 2 is 1.59 bits per heavy atom. The number of hydrogen-bond acceptors (Lipinski definition) is 7. The zero-order valence-corrected chi connectivity index (χ0v) is 22.2.